The molecule has 0 atom stereocenters. The van der Waals surface area contributed by atoms with Gasteiger partial charge in [0.05, 0.1) is 6.54 Å². The minimum absolute atomic E-state index is 0.209. The van der Waals surface area contributed by atoms with Crippen LogP contribution in [0.5, 0.6) is 0 Å². The predicted molar refractivity (Wildman–Crippen MR) is 71.1 cm³/mol. The van der Waals surface area contributed by atoms with Crippen molar-refractivity contribution in [3.8, 4) is 0 Å². The first-order chi connectivity index (χ1) is 8.72. The van der Waals surface area contributed by atoms with Crippen molar-refractivity contribution in [2.75, 3.05) is 25.4 Å². The van der Waals surface area contributed by atoms with Crippen molar-refractivity contribution in [2.24, 2.45) is 0 Å². The molecule has 1 heterocycles. The summed E-state index contributed by atoms with van der Waals surface area (Å²) in [5.74, 6) is 0.690. The topological polar surface area (TPSA) is 75.5 Å². The van der Waals surface area contributed by atoms with E-state index in [4.69, 9.17) is 15.3 Å². The van der Waals surface area contributed by atoms with Gasteiger partial charge in [-0.05, 0) is 31.2 Å². The van der Waals surface area contributed by atoms with Crippen LogP contribution in [0.4, 0.5) is 5.69 Å². The van der Waals surface area contributed by atoms with E-state index < -0.39 is 0 Å². The van der Waals surface area contributed by atoms with E-state index in [1.807, 2.05) is 12.1 Å². The van der Waals surface area contributed by atoms with E-state index in [1.165, 1.54) is 0 Å². The largest absolute Gasteiger partial charge is 0.439 e. The molecule has 0 aliphatic heterocycles. The van der Waals surface area contributed by atoms with Crippen LogP contribution in [-0.4, -0.2) is 34.7 Å². The Morgan fingerprint density at radius 2 is 2.28 bits per heavy atom. The average molecular weight is 249 g/mol. The molecule has 0 unspecified atom stereocenters. The van der Waals surface area contributed by atoms with Crippen LogP contribution in [-0.2, 0) is 6.54 Å². The number of nitrogen functional groups attached to an aromatic ring is 1. The summed E-state index contributed by atoms with van der Waals surface area (Å²) in [5, 5.41) is 8.84. The van der Waals surface area contributed by atoms with Gasteiger partial charge in [-0.1, -0.05) is 6.92 Å². The lowest BCUT2D eigenvalue weighted by Crippen LogP contribution is -2.24. The first-order valence-electron chi connectivity index (χ1n) is 6.21. The molecule has 0 aliphatic rings. The molecular weight excluding hydrogens is 230 g/mol. The number of anilines is 1. The molecule has 2 rings (SSSR count). The lowest BCUT2D eigenvalue weighted by Gasteiger charge is -2.17. The predicted octanol–water partition coefficient (Wildman–Crippen LogP) is 1.61. The number of aliphatic hydroxyl groups excluding tert-OH is 1. The number of hydrogen-bond acceptors (Lipinski definition) is 5. The molecule has 0 amide bonds. The van der Waals surface area contributed by atoms with Gasteiger partial charge in [0.15, 0.2) is 5.58 Å². The normalized spacial score (nSPS) is 11.5. The van der Waals surface area contributed by atoms with Crippen molar-refractivity contribution in [2.45, 2.75) is 19.9 Å². The van der Waals surface area contributed by atoms with E-state index in [2.05, 4.69) is 16.8 Å². The quantitative estimate of drug-likeness (QED) is 0.761. The zero-order valence-corrected chi connectivity index (χ0v) is 10.6. The number of nitrogens with zero attached hydrogens (tertiary/aromatic N) is 2. The second-order valence-electron chi connectivity index (χ2n) is 4.28. The molecule has 0 bridgehead atoms. The van der Waals surface area contributed by atoms with Gasteiger partial charge in [0.2, 0.25) is 5.89 Å². The number of benzene rings is 1. The molecule has 0 saturated heterocycles. The van der Waals surface area contributed by atoms with Gasteiger partial charge >= 0.3 is 0 Å². The van der Waals surface area contributed by atoms with E-state index in [9.17, 15) is 0 Å². The fourth-order valence-electron chi connectivity index (χ4n) is 1.89. The number of aliphatic hydroxyl groups is 1. The average Bonchev–Trinajstić information content (AvgIpc) is 2.75. The highest BCUT2D eigenvalue weighted by molar-refractivity contribution is 5.76. The molecule has 0 radical (unpaired) electrons. The highest BCUT2D eigenvalue weighted by atomic mass is 16.3. The van der Waals surface area contributed by atoms with Crippen molar-refractivity contribution >= 4 is 16.8 Å². The number of fused-ring (bicyclic) bond motifs is 1. The Morgan fingerprint density at radius 1 is 1.44 bits per heavy atom. The van der Waals surface area contributed by atoms with Crippen LogP contribution in [0.15, 0.2) is 22.6 Å². The molecule has 98 valence electrons. The monoisotopic (exact) mass is 249 g/mol. The van der Waals surface area contributed by atoms with Gasteiger partial charge in [0.1, 0.15) is 5.52 Å². The summed E-state index contributed by atoms with van der Waals surface area (Å²) in [5.41, 5.74) is 7.95. The molecule has 5 heteroatoms. The fraction of sp³-hybridized carbons (Fsp3) is 0.462. The van der Waals surface area contributed by atoms with Crippen LogP contribution in [0.2, 0.25) is 0 Å². The number of rotatable bonds is 6. The summed E-state index contributed by atoms with van der Waals surface area (Å²) >= 11 is 0. The summed E-state index contributed by atoms with van der Waals surface area (Å²) < 4.78 is 5.66. The van der Waals surface area contributed by atoms with Gasteiger partial charge in [0.25, 0.3) is 0 Å². The molecule has 1 aromatic heterocycles. The van der Waals surface area contributed by atoms with Gasteiger partial charge < -0.3 is 15.3 Å². The van der Waals surface area contributed by atoms with E-state index in [0.717, 1.165) is 30.6 Å². The van der Waals surface area contributed by atoms with Gasteiger partial charge in [-0.2, -0.15) is 0 Å². The molecule has 2 aromatic rings. The summed E-state index contributed by atoms with van der Waals surface area (Å²) in [4.78, 5) is 6.60. The standard InChI is InChI=1S/C13H19N3O2/c1-2-16(6-3-7-17)9-13-15-11-8-10(14)4-5-12(11)18-13/h4-5,8,17H,2-3,6-7,9,14H2,1H3. The highest BCUT2D eigenvalue weighted by Crippen LogP contribution is 2.19. The van der Waals surface area contributed by atoms with Crippen molar-refractivity contribution in [3.63, 3.8) is 0 Å². The van der Waals surface area contributed by atoms with Crippen molar-refractivity contribution < 1.29 is 9.52 Å². The molecule has 3 N–H and O–H groups in total. The van der Waals surface area contributed by atoms with Crippen LogP contribution in [0.3, 0.4) is 0 Å². The summed E-state index contributed by atoms with van der Waals surface area (Å²) in [6, 6.07) is 5.46. The number of aromatic nitrogens is 1. The number of hydrogen-bond donors (Lipinski definition) is 2. The lowest BCUT2D eigenvalue weighted by atomic mass is 10.3. The highest BCUT2D eigenvalue weighted by Gasteiger charge is 2.10. The molecule has 5 nitrogen and oxygen atoms in total. The Balaban J connectivity index is 2.10. The van der Waals surface area contributed by atoms with Crippen LogP contribution >= 0.6 is 0 Å². The Hall–Kier alpha value is -1.59. The van der Waals surface area contributed by atoms with Gasteiger partial charge in [0, 0.05) is 18.8 Å². The first kappa shape index (κ1) is 12.9. The third-order valence-electron chi connectivity index (χ3n) is 2.89. The first-order valence-corrected chi connectivity index (χ1v) is 6.21. The van der Waals surface area contributed by atoms with E-state index in [-0.39, 0.29) is 6.61 Å². The van der Waals surface area contributed by atoms with Gasteiger partial charge in [-0.3, -0.25) is 4.90 Å². The third kappa shape index (κ3) is 3.00. The summed E-state index contributed by atoms with van der Waals surface area (Å²) in [6.45, 7) is 4.69. The minimum Gasteiger partial charge on any atom is -0.439 e. The van der Waals surface area contributed by atoms with Crippen molar-refractivity contribution in [1.82, 2.24) is 9.88 Å². The molecule has 0 spiro atoms. The Morgan fingerprint density at radius 3 is 3.00 bits per heavy atom. The van der Waals surface area contributed by atoms with Crippen LogP contribution in [0, 0.1) is 0 Å². The second kappa shape index (κ2) is 5.84. The number of nitrogens with two attached hydrogens (primary N) is 1. The van der Waals surface area contributed by atoms with Crippen LogP contribution in [0.25, 0.3) is 11.1 Å². The summed E-state index contributed by atoms with van der Waals surface area (Å²) in [7, 11) is 0. The maximum atomic E-state index is 8.84. The SMILES string of the molecule is CCN(CCCO)Cc1nc2cc(N)ccc2o1. The molecule has 18 heavy (non-hydrogen) atoms. The Bertz CT molecular complexity index is 510. The van der Waals surface area contributed by atoms with Crippen molar-refractivity contribution in [1.29, 1.82) is 0 Å². The zero-order chi connectivity index (χ0) is 13.0. The maximum Gasteiger partial charge on any atom is 0.209 e. The molecule has 0 saturated carbocycles. The molecule has 1 aromatic carbocycles. The van der Waals surface area contributed by atoms with Crippen LogP contribution < -0.4 is 5.73 Å². The fourth-order valence-corrected chi connectivity index (χ4v) is 1.89. The zero-order valence-electron chi connectivity index (χ0n) is 10.6. The van der Waals surface area contributed by atoms with E-state index in [0.29, 0.717) is 18.1 Å². The Kier molecular flexibility index (Phi) is 4.17. The number of oxazole rings is 1. The second-order valence-corrected chi connectivity index (χ2v) is 4.28. The summed E-state index contributed by atoms with van der Waals surface area (Å²) in [6.07, 6.45) is 0.765. The molecule has 0 fully saturated rings. The molecule has 0 aliphatic carbocycles. The van der Waals surface area contributed by atoms with Gasteiger partial charge in [-0.25, -0.2) is 4.98 Å². The van der Waals surface area contributed by atoms with E-state index in [1.54, 1.807) is 6.07 Å². The minimum atomic E-state index is 0.209. The smallest absolute Gasteiger partial charge is 0.209 e. The maximum absolute atomic E-state index is 8.84. The third-order valence-corrected chi connectivity index (χ3v) is 2.89. The Labute approximate surface area is 106 Å². The van der Waals surface area contributed by atoms with Crippen molar-refractivity contribution in [3.05, 3.63) is 24.1 Å². The lowest BCUT2D eigenvalue weighted by molar-refractivity contribution is 0.213. The van der Waals surface area contributed by atoms with Crippen LogP contribution in [0.1, 0.15) is 19.2 Å². The van der Waals surface area contributed by atoms with E-state index >= 15 is 0 Å². The van der Waals surface area contributed by atoms with Gasteiger partial charge in [-0.15, -0.1) is 0 Å². The molecular formula is C13H19N3O2.